The summed E-state index contributed by atoms with van der Waals surface area (Å²) in [6.45, 7) is 2.56. The van der Waals surface area contributed by atoms with Crippen LogP contribution in [0.2, 0.25) is 0 Å². The summed E-state index contributed by atoms with van der Waals surface area (Å²) in [4.78, 5) is 28.1. The summed E-state index contributed by atoms with van der Waals surface area (Å²) in [6.07, 6.45) is 8.61. The number of hydrogen-bond acceptors (Lipinski definition) is 8. The fraction of sp³-hybridized carbons (Fsp3) is 0.375. The second-order valence-corrected chi connectivity index (χ2v) is 14.8. The molecule has 2 aromatic carbocycles. The number of rotatable bonds is 8. The zero-order chi connectivity index (χ0) is 30.8. The third kappa shape index (κ3) is 6.13. The van der Waals surface area contributed by atoms with Crippen molar-refractivity contribution in [1.29, 1.82) is 0 Å². The van der Waals surface area contributed by atoms with Crippen LogP contribution in [0.5, 0.6) is 0 Å². The van der Waals surface area contributed by atoms with Crippen molar-refractivity contribution in [3.8, 4) is 16.9 Å². The quantitative estimate of drug-likeness (QED) is 0.175. The van der Waals surface area contributed by atoms with Gasteiger partial charge in [0.1, 0.15) is 10.0 Å². The molecular weight excluding hydrogens is 617 g/mol. The molecule has 2 aliphatic heterocycles. The monoisotopic (exact) mass is 650 g/mol. The van der Waals surface area contributed by atoms with Crippen molar-refractivity contribution >= 4 is 56.3 Å². The lowest BCUT2D eigenvalue weighted by molar-refractivity contribution is -0.149. The van der Waals surface area contributed by atoms with E-state index in [1.807, 2.05) is 48.7 Å². The van der Waals surface area contributed by atoms with Gasteiger partial charge in [0.05, 0.1) is 28.0 Å². The highest BCUT2D eigenvalue weighted by Crippen LogP contribution is 2.39. The van der Waals surface area contributed by atoms with Crippen LogP contribution >= 0.6 is 24.0 Å². The fourth-order valence-corrected chi connectivity index (χ4v) is 8.98. The number of benzene rings is 2. The summed E-state index contributed by atoms with van der Waals surface area (Å²) >= 11 is 6.92. The van der Waals surface area contributed by atoms with E-state index in [2.05, 4.69) is 0 Å². The molecule has 44 heavy (non-hydrogen) atoms. The van der Waals surface area contributed by atoms with Gasteiger partial charge in [0.2, 0.25) is 10.0 Å². The van der Waals surface area contributed by atoms with Crippen LogP contribution in [-0.4, -0.2) is 69.3 Å². The van der Waals surface area contributed by atoms with Gasteiger partial charge in [-0.05, 0) is 62.9 Å². The summed E-state index contributed by atoms with van der Waals surface area (Å²) in [7, 11) is -3.82. The molecule has 1 aliphatic carbocycles. The second-order valence-electron chi connectivity index (χ2n) is 11.2. The number of carbonyl (C=O) groups is 2. The molecule has 0 radical (unpaired) electrons. The highest BCUT2D eigenvalue weighted by molar-refractivity contribution is 8.26. The lowest BCUT2D eigenvalue weighted by Crippen LogP contribution is -2.40. The van der Waals surface area contributed by atoms with E-state index in [1.165, 1.54) is 16.1 Å². The van der Waals surface area contributed by atoms with Gasteiger partial charge in [-0.1, -0.05) is 67.2 Å². The third-order valence-corrected chi connectivity index (χ3v) is 11.6. The number of amides is 1. The Hall–Kier alpha value is -3.32. The van der Waals surface area contributed by atoms with E-state index in [9.17, 15) is 18.0 Å². The Morgan fingerprint density at radius 1 is 1.07 bits per heavy atom. The van der Waals surface area contributed by atoms with Gasteiger partial charge in [-0.2, -0.15) is 9.40 Å². The summed E-state index contributed by atoms with van der Waals surface area (Å²) in [5.74, 6) is -0.653. The third-order valence-electron chi connectivity index (χ3n) is 8.38. The van der Waals surface area contributed by atoms with E-state index in [-0.39, 0.29) is 41.8 Å². The Morgan fingerprint density at radius 2 is 1.80 bits per heavy atom. The number of nitrogens with zero attached hydrogens (tertiary/aromatic N) is 4. The van der Waals surface area contributed by atoms with Crippen LogP contribution in [0.15, 0.2) is 70.6 Å². The summed E-state index contributed by atoms with van der Waals surface area (Å²) in [6, 6.07) is 16.5. The number of sulfonamides is 1. The van der Waals surface area contributed by atoms with E-state index >= 15 is 0 Å². The van der Waals surface area contributed by atoms with Gasteiger partial charge in [-0.25, -0.2) is 13.1 Å². The molecule has 1 saturated carbocycles. The van der Waals surface area contributed by atoms with Crippen molar-refractivity contribution in [1.82, 2.24) is 19.0 Å². The van der Waals surface area contributed by atoms with Crippen molar-refractivity contribution in [3.63, 3.8) is 0 Å². The number of thioether (sulfide) groups is 1. The van der Waals surface area contributed by atoms with E-state index in [0.717, 1.165) is 31.4 Å². The standard InChI is InChI=1S/C32H34N4O5S3/c1-2-41-31(38)22-15-17-34(18-16-22)44(39,40)27-14-8-9-23(19-27)29-24(21-35(33-29)25-10-4-3-5-11-25)20-28-30(37)36(32(42)43-28)26-12-6-7-13-26/h3-5,8-11,14,19-22,26H,2,6-7,12-13,15-18H2,1H3. The highest BCUT2D eigenvalue weighted by Gasteiger charge is 2.38. The van der Waals surface area contributed by atoms with Crippen LogP contribution < -0.4 is 0 Å². The van der Waals surface area contributed by atoms with Crippen LogP contribution in [0.4, 0.5) is 0 Å². The van der Waals surface area contributed by atoms with Gasteiger partial charge in [-0.15, -0.1) is 0 Å². The maximum absolute atomic E-state index is 13.7. The maximum Gasteiger partial charge on any atom is 0.309 e. The maximum atomic E-state index is 13.7. The Kier molecular flexibility index (Phi) is 9.04. The van der Waals surface area contributed by atoms with Gasteiger partial charge in [0.15, 0.2) is 0 Å². The van der Waals surface area contributed by atoms with Crippen molar-refractivity contribution < 1.29 is 22.7 Å². The molecule has 0 bridgehead atoms. The number of ether oxygens (including phenoxy) is 1. The number of para-hydroxylation sites is 1. The minimum atomic E-state index is -3.82. The normalized spacial score (nSPS) is 19.8. The molecule has 0 unspecified atom stereocenters. The number of thiocarbonyl (C=S) groups is 1. The number of carbonyl (C=O) groups excluding carboxylic acids is 2. The number of hydrogen-bond donors (Lipinski definition) is 0. The van der Waals surface area contributed by atoms with Gasteiger partial charge in [0.25, 0.3) is 5.91 Å². The van der Waals surface area contributed by atoms with Crippen molar-refractivity contribution in [2.24, 2.45) is 5.92 Å². The molecule has 3 fully saturated rings. The Labute approximate surface area is 267 Å². The van der Waals surface area contributed by atoms with E-state index in [0.29, 0.717) is 45.5 Å². The molecule has 9 nitrogen and oxygen atoms in total. The highest BCUT2D eigenvalue weighted by atomic mass is 32.2. The minimum Gasteiger partial charge on any atom is -0.466 e. The molecule has 0 spiro atoms. The lowest BCUT2D eigenvalue weighted by atomic mass is 9.98. The Morgan fingerprint density at radius 3 is 2.50 bits per heavy atom. The van der Waals surface area contributed by atoms with Crippen LogP contribution in [-0.2, 0) is 24.3 Å². The molecule has 1 aromatic heterocycles. The molecule has 3 aromatic rings. The minimum absolute atomic E-state index is 0.0899. The van der Waals surface area contributed by atoms with Crippen molar-refractivity contribution in [2.75, 3.05) is 19.7 Å². The zero-order valence-corrected chi connectivity index (χ0v) is 26.9. The van der Waals surface area contributed by atoms with Crippen LogP contribution in [0, 0.1) is 5.92 Å². The van der Waals surface area contributed by atoms with Crippen molar-refractivity contribution in [3.05, 3.63) is 71.3 Å². The van der Waals surface area contributed by atoms with Crippen LogP contribution in [0.25, 0.3) is 23.0 Å². The number of piperidine rings is 1. The fourth-order valence-electron chi connectivity index (χ4n) is 6.07. The van der Waals surface area contributed by atoms with Gasteiger partial charge >= 0.3 is 5.97 Å². The topological polar surface area (TPSA) is 102 Å². The lowest BCUT2D eigenvalue weighted by Gasteiger charge is -2.30. The van der Waals surface area contributed by atoms with Crippen molar-refractivity contribution in [2.45, 2.75) is 56.4 Å². The van der Waals surface area contributed by atoms with Gasteiger partial charge in [-0.3, -0.25) is 14.5 Å². The second kappa shape index (κ2) is 13.0. The van der Waals surface area contributed by atoms with E-state index < -0.39 is 10.0 Å². The molecule has 1 amide bonds. The molecule has 2 saturated heterocycles. The molecular formula is C32H34N4O5S3. The molecule has 6 rings (SSSR count). The predicted molar refractivity (Wildman–Crippen MR) is 174 cm³/mol. The first kappa shape index (κ1) is 30.7. The summed E-state index contributed by atoms with van der Waals surface area (Å²) < 4.78 is 36.3. The van der Waals surface area contributed by atoms with Crippen LogP contribution in [0.3, 0.4) is 0 Å². The van der Waals surface area contributed by atoms with Gasteiger partial charge < -0.3 is 4.74 Å². The SMILES string of the molecule is CCOC(=O)C1CCN(S(=O)(=O)c2cccc(-c3nn(-c4ccccc4)cc3C=C3SC(=S)N(C4CCCC4)C3=O)c2)CC1. The number of aromatic nitrogens is 2. The molecule has 0 N–H and O–H groups in total. The molecule has 3 aliphatic rings. The summed E-state index contributed by atoms with van der Waals surface area (Å²) in [5, 5.41) is 4.86. The van der Waals surface area contributed by atoms with E-state index in [1.54, 1.807) is 34.7 Å². The first-order valence-electron chi connectivity index (χ1n) is 15.0. The average Bonchev–Trinajstić information content (AvgIpc) is 3.78. The average molecular weight is 651 g/mol. The first-order valence-corrected chi connectivity index (χ1v) is 17.6. The Balaban J connectivity index is 1.33. The largest absolute Gasteiger partial charge is 0.466 e. The Bertz CT molecular complexity index is 1710. The molecule has 12 heteroatoms. The molecule has 3 heterocycles. The first-order chi connectivity index (χ1) is 21.3. The zero-order valence-electron chi connectivity index (χ0n) is 24.4. The van der Waals surface area contributed by atoms with E-state index in [4.69, 9.17) is 22.1 Å². The summed E-state index contributed by atoms with van der Waals surface area (Å²) in [5.41, 5.74) is 2.68. The molecule has 230 valence electrons. The number of esters is 1. The van der Waals surface area contributed by atoms with Gasteiger partial charge in [0, 0.05) is 36.5 Å². The predicted octanol–water partition coefficient (Wildman–Crippen LogP) is 5.65. The smallest absolute Gasteiger partial charge is 0.309 e. The molecule has 0 atom stereocenters. The van der Waals surface area contributed by atoms with Crippen LogP contribution in [0.1, 0.15) is 51.0 Å².